The van der Waals surface area contributed by atoms with Crippen molar-refractivity contribution in [2.24, 2.45) is 0 Å². The van der Waals surface area contributed by atoms with Crippen molar-refractivity contribution in [1.82, 2.24) is 15.0 Å². The van der Waals surface area contributed by atoms with Crippen LogP contribution in [0.15, 0.2) is 47.3 Å². The summed E-state index contributed by atoms with van der Waals surface area (Å²) in [6, 6.07) is 8.80. The first kappa shape index (κ1) is 12.6. The smallest absolute Gasteiger partial charge is 0.335 e. The average molecular weight is 285 g/mol. The van der Waals surface area contributed by atoms with Gasteiger partial charge in [-0.05, 0) is 29.1 Å². The van der Waals surface area contributed by atoms with Crippen molar-refractivity contribution in [2.45, 2.75) is 6.54 Å². The third-order valence-corrected chi connectivity index (χ3v) is 3.65. The number of carbonyl (C=O) groups is 1. The van der Waals surface area contributed by atoms with E-state index in [1.54, 1.807) is 46.5 Å². The van der Waals surface area contributed by atoms with Crippen LogP contribution in [0.25, 0.3) is 11.3 Å². The summed E-state index contributed by atoms with van der Waals surface area (Å²) in [5, 5.41) is 21.0. The molecule has 6 heteroatoms. The standard InChI is InChI=1S/C14H11N3O2S/c18-14(19)11-3-1-10(2-4-11)8-17-13(7-15-16-17)12-5-6-20-9-12/h1-7,9H,8H2,(H,18,19). The summed E-state index contributed by atoms with van der Waals surface area (Å²) in [4.78, 5) is 10.8. The number of aromatic carboxylic acids is 1. The first-order valence-electron chi connectivity index (χ1n) is 5.97. The van der Waals surface area contributed by atoms with Crippen LogP contribution >= 0.6 is 11.3 Å². The number of benzene rings is 1. The molecular formula is C14H11N3O2S. The second-order valence-electron chi connectivity index (χ2n) is 4.29. The van der Waals surface area contributed by atoms with E-state index in [0.29, 0.717) is 6.54 Å². The summed E-state index contributed by atoms with van der Waals surface area (Å²) >= 11 is 1.62. The van der Waals surface area contributed by atoms with Crippen molar-refractivity contribution in [1.29, 1.82) is 0 Å². The Balaban J connectivity index is 1.85. The SMILES string of the molecule is O=C(O)c1ccc(Cn2nncc2-c2ccsc2)cc1. The average Bonchev–Trinajstić information content (AvgIpc) is 3.09. The molecule has 0 aliphatic heterocycles. The second-order valence-corrected chi connectivity index (χ2v) is 5.07. The van der Waals surface area contributed by atoms with Gasteiger partial charge >= 0.3 is 5.97 Å². The molecule has 0 aliphatic rings. The first-order valence-corrected chi connectivity index (χ1v) is 6.91. The van der Waals surface area contributed by atoms with E-state index < -0.39 is 5.97 Å². The highest BCUT2D eigenvalue weighted by Crippen LogP contribution is 2.21. The number of rotatable bonds is 4. The van der Waals surface area contributed by atoms with Gasteiger partial charge in [-0.15, -0.1) is 5.10 Å². The molecule has 1 N–H and O–H groups in total. The molecule has 2 aromatic heterocycles. The number of hydrogen-bond donors (Lipinski definition) is 1. The van der Waals surface area contributed by atoms with Gasteiger partial charge in [0, 0.05) is 10.9 Å². The molecule has 3 rings (SSSR count). The fraction of sp³-hybridized carbons (Fsp3) is 0.0714. The summed E-state index contributed by atoms with van der Waals surface area (Å²) < 4.78 is 1.80. The zero-order valence-electron chi connectivity index (χ0n) is 10.4. The van der Waals surface area contributed by atoms with Gasteiger partial charge in [0.05, 0.1) is 24.0 Å². The lowest BCUT2D eigenvalue weighted by Crippen LogP contribution is -2.04. The second kappa shape index (κ2) is 5.26. The number of carboxylic acid groups (broad SMARTS) is 1. The zero-order valence-corrected chi connectivity index (χ0v) is 11.2. The quantitative estimate of drug-likeness (QED) is 0.800. The maximum atomic E-state index is 10.8. The third-order valence-electron chi connectivity index (χ3n) is 2.97. The molecule has 100 valence electrons. The van der Waals surface area contributed by atoms with Gasteiger partial charge in [0.1, 0.15) is 0 Å². The van der Waals surface area contributed by atoms with Crippen LogP contribution in [0.1, 0.15) is 15.9 Å². The summed E-state index contributed by atoms with van der Waals surface area (Å²) in [5.74, 6) is -0.920. The molecule has 5 nitrogen and oxygen atoms in total. The van der Waals surface area contributed by atoms with Gasteiger partial charge in [0.15, 0.2) is 0 Å². The number of nitrogens with zero attached hydrogens (tertiary/aromatic N) is 3. The largest absolute Gasteiger partial charge is 0.478 e. The van der Waals surface area contributed by atoms with E-state index in [9.17, 15) is 4.79 Å². The molecule has 0 saturated carbocycles. The van der Waals surface area contributed by atoms with Crippen LogP contribution in [0.2, 0.25) is 0 Å². The molecular weight excluding hydrogens is 274 g/mol. The number of carboxylic acids is 1. The molecule has 0 amide bonds. The molecule has 0 radical (unpaired) electrons. The van der Waals surface area contributed by atoms with Crippen molar-refractivity contribution >= 4 is 17.3 Å². The van der Waals surface area contributed by atoms with Crippen LogP contribution in [0, 0.1) is 0 Å². The van der Waals surface area contributed by atoms with E-state index in [1.165, 1.54) is 0 Å². The van der Waals surface area contributed by atoms with Crippen molar-refractivity contribution < 1.29 is 9.90 Å². The molecule has 0 saturated heterocycles. The van der Waals surface area contributed by atoms with Crippen LogP contribution in [0.5, 0.6) is 0 Å². The molecule has 0 bridgehead atoms. The first-order chi connectivity index (χ1) is 9.74. The maximum absolute atomic E-state index is 10.8. The summed E-state index contributed by atoms with van der Waals surface area (Å²) in [5.41, 5.74) is 3.30. The lowest BCUT2D eigenvalue weighted by molar-refractivity contribution is 0.0697. The molecule has 0 aliphatic carbocycles. The fourth-order valence-corrected chi connectivity index (χ4v) is 2.58. The van der Waals surface area contributed by atoms with Crippen LogP contribution < -0.4 is 0 Å². The molecule has 3 aromatic rings. The number of aromatic nitrogens is 3. The Labute approximate surface area is 119 Å². The van der Waals surface area contributed by atoms with Gasteiger partial charge in [-0.25, -0.2) is 9.48 Å². The minimum absolute atomic E-state index is 0.283. The van der Waals surface area contributed by atoms with Crippen LogP contribution in [0.4, 0.5) is 0 Å². The van der Waals surface area contributed by atoms with E-state index in [2.05, 4.69) is 10.3 Å². The number of hydrogen-bond acceptors (Lipinski definition) is 4. The molecule has 0 fully saturated rings. The van der Waals surface area contributed by atoms with Crippen molar-refractivity contribution in [3.8, 4) is 11.3 Å². The molecule has 0 spiro atoms. The summed E-state index contributed by atoms with van der Waals surface area (Å²) in [6.45, 7) is 0.561. The van der Waals surface area contributed by atoms with Crippen LogP contribution in [-0.4, -0.2) is 26.1 Å². The van der Waals surface area contributed by atoms with Crippen LogP contribution in [0.3, 0.4) is 0 Å². The van der Waals surface area contributed by atoms with Gasteiger partial charge in [-0.2, -0.15) is 11.3 Å². The van der Waals surface area contributed by atoms with E-state index in [4.69, 9.17) is 5.11 Å². The fourth-order valence-electron chi connectivity index (χ4n) is 1.93. The van der Waals surface area contributed by atoms with Crippen LogP contribution in [-0.2, 0) is 6.54 Å². The maximum Gasteiger partial charge on any atom is 0.335 e. The van der Waals surface area contributed by atoms with Crippen molar-refractivity contribution in [3.63, 3.8) is 0 Å². The molecule has 2 heterocycles. The summed E-state index contributed by atoms with van der Waals surface area (Å²) in [6.07, 6.45) is 1.73. The van der Waals surface area contributed by atoms with Gasteiger partial charge in [-0.3, -0.25) is 0 Å². The molecule has 20 heavy (non-hydrogen) atoms. The lowest BCUT2D eigenvalue weighted by Gasteiger charge is -2.05. The highest BCUT2D eigenvalue weighted by Gasteiger charge is 2.08. The van der Waals surface area contributed by atoms with Crippen molar-refractivity contribution in [3.05, 3.63) is 58.4 Å². The highest BCUT2D eigenvalue weighted by molar-refractivity contribution is 7.08. The number of thiophene rings is 1. The normalized spacial score (nSPS) is 10.6. The zero-order chi connectivity index (χ0) is 13.9. The minimum Gasteiger partial charge on any atom is -0.478 e. The molecule has 1 aromatic carbocycles. The van der Waals surface area contributed by atoms with Gasteiger partial charge in [-0.1, -0.05) is 17.3 Å². The third kappa shape index (κ3) is 2.46. The lowest BCUT2D eigenvalue weighted by atomic mass is 10.1. The Bertz CT molecular complexity index is 717. The van der Waals surface area contributed by atoms with E-state index >= 15 is 0 Å². The van der Waals surface area contributed by atoms with E-state index in [-0.39, 0.29) is 5.56 Å². The Morgan fingerprint density at radius 2 is 2.05 bits per heavy atom. The Morgan fingerprint density at radius 1 is 1.25 bits per heavy atom. The molecule has 0 atom stereocenters. The summed E-state index contributed by atoms with van der Waals surface area (Å²) in [7, 11) is 0. The van der Waals surface area contributed by atoms with Gasteiger partial charge in [0.25, 0.3) is 0 Å². The Kier molecular flexibility index (Phi) is 3.30. The molecule has 0 unspecified atom stereocenters. The van der Waals surface area contributed by atoms with Gasteiger partial charge in [0.2, 0.25) is 0 Å². The predicted octanol–water partition coefficient (Wildman–Crippen LogP) is 2.75. The topological polar surface area (TPSA) is 68.0 Å². The monoisotopic (exact) mass is 285 g/mol. The van der Waals surface area contributed by atoms with Gasteiger partial charge < -0.3 is 5.11 Å². The predicted molar refractivity (Wildman–Crippen MR) is 75.8 cm³/mol. The minimum atomic E-state index is -0.920. The Hall–Kier alpha value is -2.47. The Morgan fingerprint density at radius 3 is 2.70 bits per heavy atom. The van der Waals surface area contributed by atoms with E-state index in [0.717, 1.165) is 16.8 Å². The van der Waals surface area contributed by atoms with Crippen molar-refractivity contribution in [2.75, 3.05) is 0 Å². The van der Waals surface area contributed by atoms with E-state index in [1.807, 2.05) is 16.8 Å². The highest BCUT2D eigenvalue weighted by atomic mass is 32.1.